The summed E-state index contributed by atoms with van der Waals surface area (Å²) in [7, 11) is 0. The Morgan fingerprint density at radius 3 is 3.16 bits per heavy atom. The Morgan fingerprint density at radius 1 is 1.58 bits per heavy atom. The van der Waals surface area contributed by atoms with Crippen LogP contribution in [0.1, 0.15) is 28.4 Å². The van der Waals surface area contributed by atoms with Gasteiger partial charge in [-0.05, 0) is 37.7 Å². The molecule has 1 aromatic rings. The third-order valence-corrected chi connectivity index (χ3v) is 5.04. The third-order valence-electron chi connectivity index (χ3n) is 3.18. The first-order chi connectivity index (χ1) is 9.20. The summed E-state index contributed by atoms with van der Waals surface area (Å²) in [5, 5.41) is 13.5. The highest BCUT2D eigenvalue weighted by Crippen LogP contribution is 2.27. The molecule has 0 radical (unpaired) electrons. The number of rotatable bonds is 7. The van der Waals surface area contributed by atoms with Crippen molar-refractivity contribution in [1.29, 1.82) is 0 Å². The number of aliphatic hydroxyl groups excluding tert-OH is 1. The number of nitrogens with zero attached hydrogens (tertiary/aromatic N) is 1. The number of aromatic nitrogens is 1. The molecule has 0 spiro atoms. The summed E-state index contributed by atoms with van der Waals surface area (Å²) in [6, 6.07) is 0. The Morgan fingerprint density at radius 2 is 2.42 bits per heavy atom. The number of carbonyl (C=O) groups is 1. The Labute approximate surface area is 122 Å². The lowest BCUT2D eigenvalue weighted by Gasteiger charge is -2.09. The summed E-state index contributed by atoms with van der Waals surface area (Å²) >= 11 is 3.40. The number of carbonyl (C=O) groups excluding carboxylic acids is 1. The molecule has 0 saturated heterocycles. The summed E-state index contributed by atoms with van der Waals surface area (Å²) in [4.78, 5) is 17.6. The highest BCUT2D eigenvalue weighted by molar-refractivity contribution is 7.98. The first kappa shape index (κ1) is 14.8. The monoisotopic (exact) mass is 300 g/mol. The first-order valence-corrected chi connectivity index (χ1v) is 8.84. The van der Waals surface area contributed by atoms with E-state index in [1.54, 1.807) is 23.1 Å². The van der Waals surface area contributed by atoms with Gasteiger partial charge < -0.3 is 10.4 Å². The quantitative estimate of drug-likeness (QED) is 0.799. The number of amides is 1. The van der Waals surface area contributed by atoms with Crippen molar-refractivity contribution >= 4 is 29.0 Å². The second-order valence-electron chi connectivity index (χ2n) is 4.67. The minimum absolute atomic E-state index is 0.266. The van der Waals surface area contributed by atoms with E-state index in [1.165, 1.54) is 17.0 Å². The smallest absolute Gasteiger partial charge is 0.248 e. The summed E-state index contributed by atoms with van der Waals surface area (Å²) in [5.41, 5.74) is 1.26. The molecular weight excluding hydrogens is 280 g/mol. The van der Waals surface area contributed by atoms with Gasteiger partial charge in [-0.2, -0.15) is 11.8 Å². The Hall–Kier alpha value is -0.590. The minimum Gasteiger partial charge on any atom is -0.383 e. The van der Waals surface area contributed by atoms with Crippen LogP contribution in [0.3, 0.4) is 0 Å². The van der Waals surface area contributed by atoms with E-state index in [1.807, 2.05) is 6.26 Å². The zero-order valence-corrected chi connectivity index (χ0v) is 12.8. The number of aliphatic hydroxyl groups is 1. The zero-order valence-electron chi connectivity index (χ0n) is 11.1. The van der Waals surface area contributed by atoms with Crippen LogP contribution < -0.4 is 5.32 Å². The lowest BCUT2D eigenvalue weighted by atomic mass is 10.2. The molecule has 19 heavy (non-hydrogen) atoms. The molecule has 0 fully saturated rings. The van der Waals surface area contributed by atoms with Crippen molar-refractivity contribution < 1.29 is 9.90 Å². The van der Waals surface area contributed by atoms with Crippen LogP contribution in [-0.2, 0) is 24.1 Å². The summed E-state index contributed by atoms with van der Waals surface area (Å²) < 4.78 is 0. The molecule has 106 valence electrons. The fourth-order valence-corrected chi connectivity index (χ4v) is 3.74. The van der Waals surface area contributed by atoms with Gasteiger partial charge in [-0.1, -0.05) is 0 Å². The van der Waals surface area contributed by atoms with Gasteiger partial charge in [-0.25, -0.2) is 4.98 Å². The van der Waals surface area contributed by atoms with Crippen LogP contribution in [0.2, 0.25) is 0 Å². The molecule has 0 saturated carbocycles. The Bertz CT molecular complexity index is 413. The van der Waals surface area contributed by atoms with Gasteiger partial charge in [0.15, 0.2) is 0 Å². The van der Waals surface area contributed by atoms with Crippen LogP contribution in [0.4, 0.5) is 0 Å². The number of aryl methyl sites for hydroxylation is 2. The first-order valence-electron chi connectivity index (χ1n) is 6.63. The van der Waals surface area contributed by atoms with E-state index in [4.69, 9.17) is 0 Å². The molecule has 0 aliphatic heterocycles. The highest BCUT2D eigenvalue weighted by atomic mass is 32.2. The molecule has 1 amide bonds. The van der Waals surface area contributed by atoms with Crippen molar-refractivity contribution in [3.63, 3.8) is 0 Å². The maximum absolute atomic E-state index is 11.6. The molecule has 1 aliphatic rings. The summed E-state index contributed by atoms with van der Waals surface area (Å²) in [6.07, 6.45) is 5.85. The number of fused-ring (bicyclic) bond motifs is 1. The van der Waals surface area contributed by atoms with E-state index in [2.05, 4.69) is 10.3 Å². The minimum atomic E-state index is -0.881. The maximum Gasteiger partial charge on any atom is 0.248 e. The number of hydrogen-bond acceptors (Lipinski definition) is 5. The van der Waals surface area contributed by atoms with Gasteiger partial charge in [-0.3, -0.25) is 4.79 Å². The second kappa shape index (κ2) is 7.26. The van der Waals surface area contributed by atoms with Crippen molar-refractivity contribution in [3.8, 4) is 0 Å². The fourth-order valence-electron chi connectivity index (χ4n) is 2.12. The van der Waals surface area contributed by atoms with Crippen molar-refractivity contribution in [2.24, 2.45) is 0 Å². The molecule has 1 aliphatic carbocycles. The van der Waals surface area contributed by atoms with E-state index < -0.39 is 6.10 Å². The van der Waals surface area contributed by atoms with Gasteiger partial charge in [0, 0.05) is 17.8 Å². The van der Waals surface area contributed by atoms with Crippen molar-refractivity contribution in [1.82, 2.24) is 10.3 Å². The SMILES string of the molecule is CSCC[C@@H](O)C(=O)NCCc1nc2c(s1)CCC2. The topological polar surface area (TPSA) is 62.2 Å². The van der Waals surface area contributed by atoms with E-state index in [9.17, 15) is 9.90 Å². The average molecular weight is 300 g/mol. The number of nitrogens with one attached hydrogen (secondary N) is 1. The van der Waals surface area contributed by atoms with Gasteiger partial charge in [0.1, 0.15) is 6.10 Å². The molecule has 0 unspecified atom stereocenters. The van der Waals surface area contributed by atoms with Gasteiger partial charge in [0.25, 0.3) is 0 Å². The Kier molecular flexibility index (Phi) is 5.66. The Balaban J connectivity index is 1.69. The molecule has 2 N–H and O–H groups in total. The molecule has 1 atom stereocenters. The van der Waals surface area contributed by atoms with Crippen molar-refractivity contribution in [2.45, 2.75) is 38.2 Å². The van der Waals surface area contributed by atoms with Crippen LogP contribution >= 0.6 is 23.1 Å². The van der Waals surface area contributed by atoms with Crippen LogP contribution in [-0.4, -0.2) is 40.7 Å². The summed E-state index contributed by atoms with van der Waals surface area (Å²) in [6.45, 7) is 0.557. The fraction of sp³-hybridized carbons (Fsp3) is 0.692. The average Bonchev–Trinajstić information content (AvgIpc) is 2.96. The molecule has 1 aromatic heterocycles. The summed E-state index contributed by atoms with van der Waals surface area (Å²) in [5.74, 6) is 0.534. The van der Waals surface area contributed by atoms with Gasteiger partial charge >= 0.3 is 0 Å². The lowest BCUT2D eigenvalue weighted by molar-refractivity contribution is -0.129. The van der Waals surface area contributed by atoms with Crippen molar-refractivity contribution in [2.75, 3.05) is 18.6 Å². The van der Waals surface area contributed by atoms with Crippen LogP contribution in [0, 0.1) is 0 Å². The number of thiazole rings is 1. The highest BCUT2D eigenvalue weighted by Gasteiger charge is 2.17. The standard InChI is InChI=1S/C13H20N2O2S2/c1-18-8-6-10(16)13(17)14-7-5-12-15-9-3-2-4-11(9)19-12/h10,16H,2-8H2,1H3,(H,14,17)/t10-/m1/s1. The number of hydrogen-bond donors (Lipinski definition) is 2. The molecular formula is C13H20N2O2S2. The predicted molar refractivity (Wildman–Crippen MR) is 79.9 cm³/mol. The second-order valence-corrected chi connectivity index (χ2v) is 6.82. The number of thioether (sulfide) groups is 1. The molecule has 4 nitrogen and oxygen atoms in total. The molecule has 6 heteroatoms. The molecule has 0 bridgehead atoms. The largest absolute Gasteiger partial charge is 0.383 e. The van der Waals surface area contributed by atoms with E-state index in [0.29, 0.717) is 13.0 Å². The molecule has 2 rings (SSSR count). The molecule has 1 heterocycles. The van der Waals surface area contributed by atoms with Gasteiger partial charge in [0.2, 0.25) is 5.91 Å². The van der Waals surface area contributed by atoms with Crippen LogP contribution in [0.15, 0.2) is 0 Å². The zero-order chi connectivity index (χ0) is 13.7. The lowest BCUT2D eigenvalue weighted by Crippen LogP contribution is -2.36. The van der Waals surface area contributed by atoms with Crippen molar-refractivity contribution in [3.05, 3.63) is 15.6 Å². The van der Waals surface area contributed by atoms with E-state index in [-0.39, 0.29) is 5.91 Å². The normalized spacial score (nSPS) is 15.3. The van der Waals surface area contributed by atoms with E-state index in [0.717, 1.165) is 30.0 Å². The van der Waals surface area contributed by atoms with Crippen LogP contribution in [0.5, 0.6) is 0 Å². The van der Waals surface area contributed by atoms with E-state index >= 15 is 0 Å². The third kappa shape index (κ3) is 4.19. The maximum atomic E-state index is 11.6. The van der Waals surface area contributed by atoms with Crippen LogP contribution in [0.25, 0.3) is 0 Å². The molecule has 0 aromatic carbocycles. The predicted octanol–water partition coefficient (Wildman–Crippen LogP) is 1.40. The van der Waals surface area contributed by atoms with Gasteiger partial charge in [0.05, 0.1) is 10.7 Å². The van der Waals surface area contributed by atoms with Gasteiger partial charge in [-0.15, -0.1) is 11.3 Å².